The Labute approximate surface area is 142 Å². The number of carbonyl (C=O) groups is 2. The van der Waals surface area contributed by atoms with E-state index >= 15 is 0 Å². The van der Waals surface area contributed by atoms with Gasteiger partial charge >= 0.3 is 0 Å². The lowest BCUT2D eigenvalue weighted by molar-refractivity contribution is -0.124. The Balaban J connectivity index is 2.03. The average molecular weight is 328 g/mol. The van der Waals surface area contributed by atoms with Gasteiger partial charge in [0.15, 0.2) is 0 Å². The second-order valence-electron chi connectivity index (χ2n) is 6.64. The summed E-state index contributed by atoms with van der Waals surface area (Å²) in [5, 5.41) is 6.35. The van der Waals surface area contributed by atoms with E-state index in [9.17, 15) is 9.59 Å². The summed E-state index contributed by atoms with van der Waals surface area (Å²) >= 11 is 0. The minimum Gasteiger partial charge on any atom is -0.460 e. The molecular weight excluding hydrogens is 304 g/mol. The number of furan rings is 1. The van der Waals surface area contributed by atoms with Gasteiger partial charge < -0.3 is 15.1 Å². The van der Waals surface area contributed by atoms with Gasteiger partial charge in [-0.3, -0.25) is 9.59 Å². The molecule has 24 heavy (non-hydrogen) atoms. The molecule has 0 fully saturated rings. The highest BCUT2D eigenvalue weighted by molar-refractivity contribution is 5.97. The van der Waals surface area contributed by atoms with Crippen LogP contribution in [-0.2, 0) is 16.0 Å². The first kappa shape index (κ1) is 17.8. The maximum absolute atomic E-state index is 11.9. The maximum atomic E-state index is 11.9. The Kier molecular flexibility index (Phi) is 5.44. The Morgan fingerprint density at radius 3 is 2.58 bits per heavy atom. The number of fused-ring (bicyclic) bond motifs is 1. The SMILES string of the molecule is CCc1oc2ccccc2c1/C=C/C(=O)NCC(=O)NC(C)(C)C. The van der Waals surface area contributed by atoms with E-state index in [0.717, 1.165) is 28.7 Å². The van der Waals surface area contributed by atoms with Crippen molar-refractivity contribution < 1.29 is 14.0 Å². The molecular formula is C19H24N2O3. The molecule has 1 aromatic carbocycles. The van der Waals surface area contributed by atoms with Gasteiger partial charge in [0, 0.05) is 29.0 Å². The van der Waals surface area contributed by atoms with Gasteiger partial charge in [-0.15, -0.1) is 0 Å². The third-order valence-corrected chi connectivity index (χ3v) is 3.37. The normalized spacial score (nSPS) is 11.8. The van der Waals surface area contributed by atoms with Crippen molar-refractivity contribution in [2.75, 3.05) is 6.54 Å². The molecule has 0 radical (unpaired) electrons. The first-order chi connectivity index (χ1) is 11.3. The van der Waals surface area contributed by atoms with Crippen LogP contribution in [0, 0.1) is 0 Å². The maximum Gasteiger partial charge on any atom is 0.244 e. The zero-order valence-electron chi connectivity index (χ0n) is 14.6. The van der Waals surface area contributed by atoms with Crippen molar-refractivity contribution in [3.8, 4) is 0 Å². The quantitative estimate of drug-likeness (QED) is 0.829. The zero-order chi connectivity index (χ0) is 17.7. The number of amides is 2. The molecule has 0 spiro atoms. The second-order valence-corrected chi connectivity index (χ2v) is 6.64. The van der Waals surface area contributed by atoms with E-state index < -0.39 is 0 Å². The van der Waals surface area contributed by atoms with Crippen LogP contribution >= 0.6 is 0 Å². The zero-order valence-corrected chi connectivity index (χ0v) is 14.6. The summed E-state index contributed by atoms with van der Waals surface area (Å²) in [5.41, 5.74) is 1.39. The van der Waals surface area contributed by atoms with Crippen molar-refractivity contribution in [1.82, 2.24) is 10.6 Å². The smallest absolute Gasteiger partial charge is 0.244 e. The summed E-state index contributed by atoms with van der Waals surface area (Å²) in [5.74, 6) is 0.310. The first-order valence-corrected chi connectivity index (χ1v) is 8.07. The van der Waals surface area contributed by atoms with Gasteiger partial charge in [-0.25, -0.2) is 0 Å². The van der Waals surface area contributed by atoms with E-state index in [0.29, 0.717) is 0 Å². The summed E-state index contributed by atoms with van der Waals surface area (Å²) in [6.45, 7) is 7.63. The number of benzene rings is 1. The number of hydrogen-bond donors (Lipinski definition) is 2. The largest absolute Gasteiger partial charge is 0.460 e. The standard InChI is InChI=1S/C19H24N2O3/c1-5-15-14(13-8-6-7-9-16(13)24-15)10-11-17(22)20-12-18(23)21-19(2,3)4/h6-11H,5,12H2,1-4H3,(H,20,22)(H,21,23)/b11-10+. The molecule has 2 rings (SSSR count). The minimum absolute atomic E-state index is 0.0484. The summed E-state index contributed by atoms with van der Waals surface area (Å²) in [6, 6.07) is 7.72. The molecule has 128 valence electrons. The van der Waals surface area contributed by atoms with Crippen LogP contribution in [-0.4, -0.2) is 23.9 Å². The van der Waals surface area contributed by atoms with Crippen LogP contribution in [0.1, 0.15) is 39.0 Å². The molecule has 2 amide bonds. The molecule has 0 aliphatic rings. The van der Waals surface area contributed by atoms with Crippen molar-refractivity contribution in [3.63, 3.8) is 0 Å². The monoisotopic (exact) mass is 328 g/mol. The van der Waals surface area contributed by atoms with Gasteiger partial charge in [-0.05, 0) is 32.9 Å². The number of rotatable bonds is 5. The third-order valence-electron chi connectivity index (χ3n) is 3.37. The lowest BCUT2D eigenvalue weighted by Gasteiger charge is -2.20. The number of para-hydroxylation sites is 1. The highest BCUT2D eigenvalue weighted by Crippen LogP contribution is 2.27. The van der Waals surface area contributed by atoms with Gasteiger partial charge in [0.2, 0.25) is 11.8 Å². The fourth-order valence-electron chi connectivity index (χ4n) is 2.41. The summed E-state index contributed by atoms with van der Waals surface area (Å²) in [6.07, 6.45) is 3.91. The van der Waals surface area contributed by atoms with Gasteiger partial charge in [0.1, 0.15) is 11.3 Å². The fraction of sp³-hybridized carbons (Fsp3) is 0.368. The topological polar surface area (TPSA) is 71.3 Å². The van der Waals surface area contributed by atoms with Crippen molar-refractivity contribution >= 4 is 28.9 Å². The summed E-state index contributed by atoms with van der Waals surface area (Å²) in [4.78, 5) is 23.6. The predicted molar refractivity (Wildman–Crippen MR) is 95.5 cm³/mol. The van der Waals surface area contributed by atoms with Gasteiger partial charge in [-0.1, -0.05) is 25.1 Å². The van der Waals surface area contributed by atoms with Crippen LogP contribution in [0.2, 0.25) is 0 Å². The molecule has 1 heterocycles. The van der Waals surface area contributed by atoms with Crippen molar-refractivity contribution in [3.05, 3.63) is 41.7 Å². The molecule has 0 unspecified atom stereocenters. The van der Waals surface area contributed by atoms with Crippen LogP contribution in [0.5, 0.6) is 0 Å². The first-order valence-electron chi connectivity index (χ1n) is 8.07. The molecule has 0 atom stereocenters. The summed E-state index contributed by atoms with van der Waals surface area (Å²) < 4.78 is 5.79. The van der Waals surface area contributed by atoms with Crippen molar-refractivity contribution in [2.24, 2.45) is 0 Å². The van der Waals surface area contributed by atoms with Crippen LogP contribution in [0.15, 0.2) is 34.8 Å². The molecule has 0 bridgehead atoms. The molecule has 2 aromatic rings. The fourth-order valence-corrected chi connectivity index (χ4v) is 2.41. The van der Waals surface area contributed by atoms with E-state index in [1.54, 1.807) is 6.08 Å². The van der Waals surface area contributed by atoms with Crippen LogP contribution in [0.25, 0.3) is 17.0 Å². The Bertz CT molecular complexity index is 767. The molecule has 0 saturated carbocycles. The van der Waals surface area contributed by atoms with Gasteiger partial charge in [0.05, 0.1) is 6.54 Å². The number of carbonyl (C=O) groups excluding carboxylic acids is 2. The Morgan fingerprint density at radius 2 is 1.92 bits per heavy atom. The number of nitrogens with one attached hydrogen (secondary N) is 2. The molecule has 5 nitrogen and oxygen atoms in total. The van der Waals surface area contributed by atoms with Gasteiger partial charge in [0.25, 0.3) is 0 Å². The third kappa shape index (κ3) is 4.72. The Morgan fingerprint density at radius 1 is 1.21 bits per heavy atom. The highest BCUT2D eigenvalue weighted by atomic mass is 16.3. The minimum atomic E-state index is -0.316. The second kappa shape index (κ2) is 7.34. The van der Waals surface area contributed by atoms with E-state index in [2.05, 4.69) is 10.6 Å². The molecule has 5 heteroatoms. The van der Waals surface area contributed by atoms with E-state index in [1.807, 2.05) is 52.0 Å². The molecule has 0 aliphatic heterocycles. The van der Waals surface area contributed by atoms with Crippen LogP contribution in [0.4, 0.5) is 0 Å². The molecule has 2 N–H and O–H groups in total. The van der Waals surface area contributed by atoms with E-state index in [1.165, 1.54) is 6.08 Å². The van der Waals surface area contributed by atoms with Crippen molar-refractivity contribution in [1.29, 1.82) is 0 Å². The molecule has 1 aromatic heterocycles. The van der Waals surface area contributed by atoms with Gasteiger partial charge in [-0.2, -0.15) is 0 Å². The van der Waals surface area contributed by atoms with Crippen molar-refractivity contribution in [2.45, 2.75) is 39.7 Å². The Hall–Kier alpha value is -2.56. The van der Waals surface area contributed by atoms with Crippen LogP contribution in [0.3, 0.4) is 0 Å². The lowest BCUT2D eigenvalue weighted by Crippen LogP contribution is -2.45. The summed E-state index contributed by atoms with van der Waals surface area (Å²) in [7, 11) is 0. The lowest BCUT2D eigenvalue weighted by atomic mass is 10.1. The highest BCUT2D eigenvalue weighted by Gasteiger charge is 2.14. The molecule has 0 aliphatic carbocycles. The molecule has 0 saturated heterocycles. The number of hydrogen-bond acceptors (Lipinski definition) is 3. The number of aryl methyl sites for hydroxylation is 1. The predicted octanol–water partition coefficient (Wildman–Crippen LogP) is 3.04. The van der Waals surface area contributed by atoms with Crippen LogP contribution < -0.4 is 10.6 Å². The van der Waals surface area contributed by atoms with E-state index in [4.69, 9.17) is 4.42 Å². The average Bonchev–Trinajstić information content (AvgIpc) is 2.87. The van der Waals surface area contributed by atoms with E-state index in [-0.39, 0.29) is 23.9 Å².